The number of aromatic nitrogens is 2. The Bertz CT molecular complexity index is 1270. The smallest absolute Gasteiger partial charge is 0.274 e. The standard InChI is InChI=1S/C18H12I2N2O2S/c1-8-3-13-14(4-9(8)2)22-17(24)15(25-18(22)21-13)6-10-5-11(19)7-12(20)16(10)23/h3-7,23H,1-2H3. The Morgan fingerprint density at radius 3 is 2.64 bits per heavy atom. The molecule has 25 heavy (non-hydrogen) atoms. The fraction of sp³-hybridized carbons (Fsp3) is 0.111. The third kappa shape index (κ3) is 2.85. The SMILES string of the molecule is Cc1cc2nc3sc(=Cc4cc(I)cc(I)c4O)c(=O)n3c2cc1C. The van der Waals surface area contributed by atoms with Crippen LogP contribution in [0.5, 0.6) is 5.75 Å². The normalized spacial score (nSPS) is 12.6. The lowest BCUT2D eigenvalue weighted by Gasteiger charge is -2.02. The second-order valence-electron chi connectivity index (χ2n) is 5.90. The number of phenols is 1. The number of halogens is 2. The van der Waals surface area contributed by atoms with E-state index in [1.165, 1.54) is 11.3 Å². The number of hydrogen-bond donors (Lipinski definition) is 1. The molecule has 0 saturated carbocycles. The van der Waals surface area contributed by atoms with E-state index in [4.69, 9.17) is 0 Å². The van der Waals surface area contributed by atoms with Gasteiger partial charge in [-0.1, -0.05) is 11.3 Å². The van der Waals surface area contributed by atoms with Gasteiger partial charge in [0.2, 0.25) is 0 Å². The second kappa shape index (κ2) is 6.20. The minimum atomic E-state index is -0.0981. The minimum Gasteiger partial charge on any atom is -0.506 e. The molecule has 4 aromatic rings. The van der Waals surface area contributed by atoms with Crippen LogP contribution >= 0.6 is 56.5 Å². The van der Waals surface area contributed by atoms with Crippen LogP contribution in [0.3, 0.4) is 0 Å². The first-order valence-corrected chi connectivity index (χ1v) is 10.4. The lowest BCUT2D eigenvalue weighted by atomic mass is 10.1. The van der Waals surface area contributed by atoms with Crippen LogP contribution in [0.15, 0.2) is 29.1 Å². The molecule has 4 rings (SSSR count). The molecule has 0 aliphatic heterocycles. The maximum Gasteiger partial charge on any atom is 0.274 e. The molecule has 7 heteroatoms. The molecule has 0 radical (unpaired) electrons. The van der Waals surface area contributed by atoms with Crippen molar-refractivity contribution in [3.8, 4) is 5.75 Å². The van der Waals surface area contributed by atoms with E-state index in [0.717, 1.165) is 29.3 Å². The van der Waals surface area contributed by atoms with Gasteiger partial charge < -0.3 is 5.11 Å². The van der Waals surface area contributed by atoms with Gasteiger partial charge in [-0.25, -0.2) is 9.38 Å². The molecular weight excluding hydrogens is 562 g/mol. The Morgan fingerprint density at radius 1 is 1.16 bits per heavy atom. The summed E-state index contributed by atoms with van der Waals surface area (Å²) in [7, 11) is 0. The summed E-state index contributed by atoms with van der Waals surface area (Å²) in [6.07, 6.45) is 1.74. The van der Waals surface area contributed by atoms with Gasteiger partial charge in [-0.2, -0.15) is 0 Å². The second-order valence-corrected chi connectivity index (χ2v) is 9.31. The van der Waals surface area contributed by atoms with E-state index in [-0.39, 0.29) is 11.3 Å². The summed E-state index contributed by atoms with van der Waals surface area (Å²) in [6.45, 7) is 4.07. The van der Waals surface area contributed by atoms with Crippen LogP contribution in [-0.4, -0.2) is 14.5 Å². The molecule has 0 aliphatic rings. The van der Waals surface area contributed by atoms with Gasteiger partial charge >= 0.3 is 0 Å². The van der Waals surface area contributed by atoms with Crippen LogP contribution in [0.2, 0.25) is 0 Å². The minimum absolute atomic E-state index is 0.0981. The first-order chi connectivity index (χ1) is 11.8. The molecule has 2 heterocycles. The first kappa shape index (κ1) is 17.2. The predicted molar refractivity (Wildman–Crippen MR) is 119 cm³/mol. The van der Waals surface area contributed by atoms with Crippen molar-refractivity contribution in [1.29, 1.82) is 0 Å². The van der Waals surface area contributed by atoms with E-state index < -0.39 is 0 Å². The monoisotopic (exact) mass is 574 g/mol. The Morgan fingerprint density at radius 2 is 1.88 bits per heavy atom. The molecule has 2 aromatic heterocycles. The zero-order valence-corrected chi connectivity index (χ0v) is 18.4. The maximum atomic E-state index is 12.9. The predicted octanol–water partition coefficient (Wildman–Crippen LogP) is 3.99. The van der Waals surface area contributed by atoms with Crippen molar-refractivity contribution >= 4 is 78.6 Å². The van der Waals surface area contributed by atoms with Gasteiger partial charge in [0.25, 0.3) is 5.56 Å². The van der Waals surface area contributed by atoms with Gasteiger partial charge in [0.05, 0.1) is 19.1 Å². The van der Waals surface area contributed by atoms with Crippen LogP contribution in [0.1, 0.15) is 16.7 Å². The van der Waals surface area contributed by atoms with Crippen LogP contribution in [0, 0.1) is 21.0 Å². The zero-order chi connectivity index (χ0) is 17.9. The Hall–Kier alpha value is -1.20. The summed E-state index contributed by atoms with van der Waals surface area (Å²) < 4.78 is 4.00. The van der Waals surface area contributed by atoms with E-state index in [1.807, 2.05) is 38.1 Å². The highest BCUT2D eigenvalue weighted by Crippen LogP contribution is 2.27. The van der Waals surface area contributed by atoms with Crippen molar-refractivity contribution in [1.82, 2.24) is 9.38 Å². The number of nitrogens with zero attached hydrogens (tertiary/aromatic N) is 2. The molecule has 4 nitrogen and oxygen atoms in total. The van der Waals surface area contributed by atoms with Gasteiger partial charge in [0.1, 0.15) is 5.75 Å². The summed E-state index contributed by atoms with van der Waals surface area (Å²) in [5, 5.41) is 10.3. The fourth-order valence-corrected chi connectivity index (χ4v) is 5.62. The fourth-order valence-electron chi connectivity index (χ4n) is 2.76. The van der Waals surface area contributed by atoms with Gasteiger partial charge in [0.15, 0.2) is 4.96 Å². The number of hydrogen-bond acceptors (Lipinski definition) is 4. The van der Waals surface area contributed by atoms with Crippen molar-refractivity contribution in [3.63, 3.8) is 0 Å². The quantitative estimate of drug-likeness (QED) is 0.350. The third-order valence-corrected chi connectivity index (χ3v) is 6.61. The van der Waals surface area contributed by atoms with Gasteiger partial charge in [-0.05, 0) is 100 Å². The molecule has 126 valence electrons. The summed E-state index contributed by atoms with van der Waals surface area (Å²) in [4.78, 5) is 18.2. The van der Waals surface area contributed by atoms with Crippen LogP contribution in [0.4, 0.5) is 0 Å². The van der Waals surface area contributed by atoms with E-state index in [0.29, 0.717) is 15.1 Å². The summed E-state index contributed by atoms with van der Waals surface area (Å²) in [5.74, 6) is 0.197. The average molecular weight is 574 g/mol. The largest absolute Gasteiger partial charge is 0.506 e. The van der Waals surface area contributed by atoms with E-state index in [2.05, 4.69) is 50.2 Å². The maximum absolute atomic E-state index is 12.9. The number of phenolic OH excluding ortho intramolecular Hbond substituents is 1. The molecule has 0 fully saturated rings. The van der Waals surface area contributed by atoms with Gasteiger partial charge in [-0.15, -0.1) is 0 Å². The summed E-state index contributed by atoms with van der Waals surface area (Å²) in [6, 6.07) is 7.78. The van der Waals surface area contributed by atoms with E-state index >= 15 is 0 Å². The summed E-state index contributed by atoms with van der Waals surface area (Å²) in [5.41, 5.74) is 4.52. The number of aryl methyl sites for hydroxylation is 2. The molecule has 0 amide bonds. The zero-order valence-electron chi connectivity index (χ0n) is 13.3. The molecular formula is C18H12I2N2O2S. The molecule has 0 aliphatic carbocycles. The number of imidazole rings is 1. The Balaban J connectivity index is 2.03. The van der Waals surface area contributed by atoms with Crippen LogP contribution < -0.4 is 10.1 Å². The van der Waals surface area contributed by atoms with E-state index in [1.54, 1.807) is 10.5 Å². The average Bonchev–Trinajstić information content (AvgIpc) is 3.02. The first-order valence-electron chi connectivity index (χ1n) is 7.47. The third-order valence-electron chi connectivity index (χ3n) is 4.20. The lowest BCUT2D eigenvalue weighted by molar-refractivity contribution is 0.470. The number of rotatable bonds is 1. The van der Waals surface area contributed by atoms with Crippen molar-refractivity contribution in [2.24, 2.45) is 0 Å². The van der Waals surface area contributed by atoms with Crippen molar-refractivity contribution in [3.05, 3.63) is 63.0 Å². The van der Waals surface area contributed by atoms with E-state index in [9.17, 15) is 9.90 Å². The molecule has 2 aromatic carbocycles. The van der Waals surface area contributed by atoms with Crippen LogP contribution in [-0.2, 0) is 0 Å². The number of benzene rings is 2. The Kier molecular flexibility index (Phi) is 4.27. The van der Waals surface area contributed by atoms with Crippen molar-refractivity contribution in [2.45, 2.75) is 13.8 Å². The molecule has 0 atom stereocenters. The number of fused-ring (bicyclic) bond motifs is 3. The molecule has 0 spiro atoms. The molecule has 0 bridgehead atoms. The number of aromatic hydroxyl groups is 1. The lowest BCUT2D eigenvalue weighted by Crippen LogP contribution is -2.22. The van der Waals surface area contributed by atoms with Crippen molar-refractivity contribution in [2.75, 3.05) is 0 Å². The number of thiazole rings is 1. The topological polar surface area (TPSA) is 54.6 Å². The molecule has 0 unspecified atom stereocenters. The highest BCUT2D eigenvalue weighted by molar-refractivity contribution is 14.1. The van der Waals surface area contributed by atoms with Gasteiger partial charge in [0, 0.05) is 9.13 Å². The highest BCUT2D eigenvalue weighted by atomic mass is 127. The summed E-state index contributed by atoms with van der Waals surface area (Å²) >= 11 is 5.64. The van der Waals surface area contributed by atoms with Crippen molar-refractivity contribution < 1.29 is 5.11 Å². The Labute approximate surface area is 174 Å². The molecule has 1 N–H and O–H groups in total. The highest BCUT2D eigenvalue weighted by Gasteiger charge is 2.13. The van der Waals surface area contributed by atoms with Gasteiger partial charge in [-0.3, -0.25) is 4.79 Å². The molecule has 0 saturated heterocycles. The van der Waals surface area contributed by atoms with Crippen LogP contribution in [0.25, 0.3) is 22.1 Å².